The van der Waals surface area contributed by atoms with E-state index in [0.29, 0.717) is 10.9 Å². The van der Waals surface area contributed by atoms with E-state index in [-0.39, 0.29) is 23.8 Å². The van der Waals surface area contributed by atoms with E-state index in [0.717, 1.165) is 33.6 Å². The fraction of sp³-hybridized carbons (Fsp3) is 0.370. The summed E-state index contributed by atoms with van der Waals surface area (Å²) >= 11 is 1.36. The maximum Gasteiger partial charge on any atom is 0.264 e. The zero-order valence-electron chi connectivity index (χ0n) is 20.8. The number of benzene rings is 2. The van der Waals surface area contributed by atoms with Crippen LogP contribution in [0.5, 0.6) is 5.75 Å². The zero-order chi connectivity index (χ0) is 24.8. The Bertz CT molecular complexity index is 1270. The van der Waals surface area contributed by atoms with Gasteiger partial charge in [-0.15, -0.1) is 11.3 Å². The number of thiazole rings is 1. The Hall–Kier alpha value is -3.19. The molecule has 2 aromatic carbocycles. The summed E-state index contributed by atoms with van der Waals surface area (Å²) in [6.45, 7) is 12.2. The number of rotatable bonds is 5. The van der Waals surface area contributed by atoms with Gasteiger partial charge in [-0.2, -0.15) is 0 Å². The summed E-state index contributed by atoms with van der Waals surface area (Å²) in [5.74, 6) is 0.533. The molecule has 2 heterocycles. The van der Waals surface area contributed by atoms with E-state index in [2.05, 4.69) is 37.1 Å². The Morgan fingerprint density at radius 1 is 1.18 bits per heavy atom. The molecule has 0 atom stereocenters. The number of nitrogens with one attached hydrogen (secondary N) is 1. The second-order valence-corrected chi connectivity index (χ2v) is 11.2. The van der Waals surface area contributed by atoms with Crippen molar-refractivity contribution in [2.75, 3.05) is 23.9 Å². The van der Waals surface area contributed by atoms with Crippen molar-refractivity contribution < 1.29 is 14.3 Å². The van der Waals surface area contributed by atoms with E-state index in [1.54, 1.807) is 11.9 Å². The number of fused-ring (bicyclic) bond motifs is 1. The monoisotopic (exact) mass is 477 g/mol. The Balaban J connectivity index is 1.45. The molecule has 0 aliphatic carbocycles. The highest BCUT2D eigenvalue weighted by Gasteiger charge is 2.42. The predicted octanol–water partition coefficient (Wildman–Crippen LogP) is 5.69. The maximum absolute atomic E-state index is 12.6. The van der Waals surface area contributed by atoms with Crippen molar-refractivity contribution in [3.8, 4) is 17.0 Å². The fourth-order valence-corrected chi connectivity index (χ4v) is 4.99. The number of carbonyl (C=O) groups excluding carboxylic acids is 2. The molecule has 7 heteroatoms. The van der Waals surface area contributed by atoms with E-state index >= 15 is 0 Å². The van der Waals surface area contributed by atoms with Gasteiger partial charge in [0.25, 0.3) is 5.91 Å². The van der Waals surface area contributed by atoms with Gasteiger partial charge in [0, 0.05) is 23.7 Å². The highest BCUT2D eigenvalue weighted by molar-refractivity contribution is 7.14. The summed E-state index contributed by atoms with van der Waals surface area (Å²) in [5, 5.41) is 5.25. The van der Waals surface area contributed by atoms with Gasteiger partial charge in [-0.3, -0.25) is 14.9 Å². The van der Waals surface area contributed by atoms with Crippen molar-refractivity contribution in [2.24, 2.45) is 0 Å². The largest absolute Gasteiger partial charge is 0.483 e. The van der Waals surface area contributed by atoms with E-state index in [4.69, 9.17) is 4.74 Å². The number of aromatic nitrogens is 1. The number of likely N-dealkylation sites (N-methyl/N-ethyl adjacent to an activating group) is 1. The molecule has 3 aromatic rings. The molecule has 2 amide bonds. The van der Waals surface area contributed by atoms with Crippen molar-refractivity contribution in [1.29, 1.82) is 0 Å². The van der Waals surface area contributed by atoms with Crippen LogP contribution in [0.4, 0.5) is 10.8 Å². The molecule has 1 aliphatic heterocycles. The van der Waals surface area contributed by atoms with Crippen LogP contribution in [-0.4, -0.2) is 30.5 Å². The molecule has 0 radical (unpaired) electrons. The number of aryl methyl sites for hydroxylation is 1. The van der Waals surface area contributed by atoms with Crippen molar-refractivity contribution in [1.82, 2.24) is 4.98 Å². The second-order valence-electron chi connectivity index (χ2n) is 10.3. The number of carbonyl (C=O) groups is 2. The lowest BCUT2D eigenvalue weighted by atomic mass is 9.85. The van der Waals surface area contributed by atoms with Crippen LogP contribution in [0.15, 0.2) is 41.8 Å². The summed E-state index contributed by atoms with van der Waals surface area (Å²) in [4.78, 5) is 31.4. The highest BCUT2D eigenvalue weighted by Crippen LogP contribution is 2.42. The number of amides is 2. The first-order valence-corrected chi connectivity index (χ1v) is 12.2. The molecule has 0 bridgehead atoms. The SMILES string of the molecule is Cc1ccc(OCC(=O)Nc2nc(-c3ccc4c(c3)C(C)(C)C(=O)N4C)cs2)c(C(C)(C)C)c1. The maximum atomic E-state index is 12.6. The Morgan fingerprint density at radius 3 is 2.62 bits per heavy atom. The molecule has 6 nitrogen and oxygen atoms in total. The van der Waals surface area contributed by atoms with Crippen LogP contribution in [0, 0.1) is 6.92 Å². The lowest BCUT2D eigenvalue weighted by Crippen LogP contribution is -2.33. The first kappa shape index (κ1) is 24.0. The first-order valence-electron chi connectivity index (χ1n) is 11.3. The highest BCUT2D eigenvalue weighted by atomic mass is 32.1. The lowest BCUT2D eigenvalue weighted by Gasteiger charge is -2.23. The minimum atomic E-state index is -0.577. The summed E-state index contributed by atoms with van der Waals surface area (Å²) in [7, 11) is 1.80. The van der Waals surface area contributed by atoms with Gasteiger partial charge in [-0.25, -0.2) is 4.98 Å². The Morgan fingerprint density at radius 2 is 1.91 bits per heavy atom. The average Bonchev–Trinajstić information content (AvgIpc) is 3.30. The Labute approximate surface area is 205 Å². The number of hydrogen-bond acceptors (Lipinski definition) is 5. The topological polar surface area (TPSA) is 71.5 Å². The molecule has 0 unspecified atom stereocenters. The third-order valence-corrected chi connectivity index (χ3v) is 6.98. The van der Waals surface area contributed by atoms with Gasteiger partial charge in [0.05, 0.1) is 11.1 Å². The fourth-order valence-electron chi connectivity index (χ4n) is 4.25. The average molecular weight is 478 g/mol. The van der Waals surface area contributed by atoms with Crippen molar-refractivity contribution >= 4 is 34.0 Å². The van der Waals surface area contributed by atoms with Crippen molar-refractivity contribution in [3.63, 3.8) is 0 Å². The molecule has 0 saturated carbocycles. The number of hydrogen-bond donors (Lipinski definition) is 1. The first-order chi connectivity index (χ1) is 15.9. The van der Waals surface area contributed by atoms with Gasteiger partial charge in [-0.1, -0.05) is 44.5 Å². The quantitative estimate of drug-likeness (QED) is 0.513. The third kappa shape index (κ3) is 4.44. The van der Waals surface area contributed by atoms with E-state index in [9.17, 15) is 9.59 Å². The predicted molar refractivity (Wildman–Crippen MR) is 138 cm³/mol. The molecule has 0 spiro atoms. The molecular formula is C27H31N3O3S. The van der Waals surface area contributed by atoms with E-state index in [1.807, 2.05) is 56.5 Å². The van der Waals surface area contributed by atoms with E-state index < -0.39 is 5.41 Å². The number of anilines is 2. The molecule has 0 fully saturated rings. The second kappa shape index (κ2) is 8.55. The molecule has 1 N–H and O–H groups in total. The van der Waals surface area contributed by atoms with Gasteiger partial charge in [0.1, 0.15) is 5.75 Å². The van der Waals surface area contributed by atoms with Crippen LogP contribution in [0.3, 0.4) is 0 Å². The minimum absolute atomic E-state index is 0.0778. The standard InChI is InChI=1S/C27H31N3O3S/c1-16-8-11-22(19(12-16)26(2,3)4)33-14-23(31)29-25-28-20(15-34-25)17-9-10-21-18(13-17)27(5,6)24(32)30(21)7/h8-13,15H,14H2,1-7H3,(H,28,29,31). The molecular weight excluding hydrogens is 446 g/mol. The zero-order valence-corrected chi connectivity index (χ0v) is 21.6. The van der Waals surface area contributed by atoms with Gasteiger partial charge < -0.3 is 9.64 Å². The summed E-state index contributed by atoms with van der Waals surface area (Å²) < 4.78 is 5.87. The van der Waals surface area contributed by atoms with Crippen LogP contribution in [0.25, 0.3) is 11.3 Å². The van der Waals surface area contributed by atoms with Crippen molar-refractivity contribution in [3.05, 3.63) is 58.5 Å². The lowest BCUT2D eigenvalue weighted by molar-refractivity contribution is -0.121. The third-order valence-electron chi connectivity index (χ3n) is 6.22. The van der Waals surface area contributed by atoms with Crippen LogP contribution < -0.4 is 15.0 Å². The van der Waals surface area contributed by atoms with Gasteiger partial charge in [-0.05, 0) is 55.5 Å². The Kier molecular flexibility index (Phi) is 6.02. The van der Waals surface area contributed by atoms with Gasteiger partial charge in [0.2, 0.25) is 5.91 Å². The van der Waals surface area contributed by atoms with E-state index in [1.165, 1.54) is 11.3 Å². The van der Waals surface area contributed by atoms with Crippen molar-refractivity contribution in [2.45, 2.75) is 52.4 Å². The number of nitrogens with zero attached hydrogens (tertiary/aromatic N) is 2. The summed E-state index contributed by atoms with van der Waals surface area (Å²) in [6.07, 6.45) is 0. The normalized spacial score (nSPS) is 14.8. The molecule has 1 aliphatic rings. The number of ether oxygens (including phenoxy) is 1. The van der Waals surface area contributed by atoms with Gasteiger partial charge >= 0.3 is 0 Å². The van der Waals surface area contributed by atoms with Crippen LogP contribution >= 0.6 is 11.3 Å². The summed E-state index contributed by atoms with van der Waals surface area (Å²) in [6, 6.07) is 11.9. The molecule has 1 aromatic heterocycles. The van der Waals surface area contributed by atoms with Crippen LogP contribution in [0.1, 0.15) is 51.3 Å². The van der Waals surface area contributed by atoms with Crippen LogP contribution in [-0.2, 0) is 20.4 Å². The van der Waals surface area contributed by atoms with Gasteiger partial charge in [0.15, 0.2) is 11.7 Å². The molecule has 34 heavy (non-hydrogen) atoms. The smallest absolute Gasteiger partial charge is 0.264 e. The minimum Gasteiger partial charge on any atom is -0.483 e. The molecule has 0 saturated heterocycles. The molecule has 178 valence electrons. The molecule has 4 rings (SSSR count). The van der Waals surface area contributed by atoms with Crippen LogP contribution in [0.2, 0.25) is 0 Å². The summed E-state index contributed by atoms with van der Waals surface area (Å²) in [5.41, 5.74) is 5.14.